The first-order valence-electron chi connectivity index (χ1n) is 8.64. The van der Waals surface area contributed by atoms with Crippen LogP contribution in [0.1, 0.15) is 23.1 Å². The lowest BCUT2D eigenvalue weighted by molar-refractivity contribution is 0.0457. The number of aromatic nitrogens is 4. The monoisotopic (exact) mass is 432 g/mol. The van der Waals surface area contributed by atoms with E-state index in [1.165, 1.54) is 35.0 Å². The molecule has 0 amide bonds. The number of carbonyl (C=O) groups excluding carboxylic acids is 1. The number of sulfone groups is 1. The second kappa shape index (κ2) is 7.08. The maximum Gasteiger partial charge on any atom is 0.339 e. The van der Waals surface area contributed by atoms with Gasteiger partial charge < -0.3 is 4.74 Å². The van der Waals surface area contributed by atoms with Gasteiger partial charge in [-0.2, -0.15) is 0 Å². The summed E-state index contributed by atoms with van der Waals surface area (Å²) in [6, 6.07) is 7.69. The van der Waals surface area contributed by atoms with E-state index in [2.05, 4.69) is 10.2 Å². The average Bonchev–Trinajstić information content (AvgIpc) is 3.37. The molecule has 11 heteroatoms. The summed E-state index contributed by atoms with van der Waals surface area (Å²) in [5.74, 6) is -0.263. The number of thiophene rings is 1. The molecule has 1 aromatic carbocycles. The van der Waals surface area contributed by atoms with Crippen LogP contribution < -0.4 is 5.56 Å². The van der Waals surface area contributed by atoms with Crippen molar-refractivity contribution >= 4 is 43.1 Å². The molecule has 3 heterocycles. The Morgan fingerprint density at radius 2 is 1.97 bits per heavy atom. The summed E-state index contributed by atoms with van der Waals surface area (Å²) in [5.41, 5.74) is 0.409. The fraction of sp³-hybridized carbons (Fsp3) is 0.222. The minimum Gasteiger partial charge on any atom is -0.454 e. The van der Waals surface area contributed by atoms with Crippen LogP contribution in [0.5, 0.6) is 0 Å². The van der Waals surface area contributed by atoms with Crippen LogP contribution in [0, 0.1) is 0 Å². The lowest BCUT2D eigenvalue weighted by atomic mass is 10.2. The van der Waals surface area contributed by atoms with E-state index in [0.29, 0.717) is 21.8 Å². The van der Waals surface area contributed by atoms with Crippen LogP contribution in [-0.4, -0.2) is 39.3 Å². The number of fused-ring (bicyclic) bond motifs is 3. The van der Waals surface area contributed by atoms with E-state index in [-0.39, 0.29) is 28.4 Å². The number of hydrogen-bond donors (Lipinski definition) is 0. The lowest BCUT2D eigenvalue weighted by Gasteiger charge is -2.09. The van der Waals surface area contributed by atoms with Gasteiger partial charge in [0.15, 0.2) is 22.3 Å². The predicted octanol–water partition coefficient (Wildman–Crippen LogP) is 1.79. The fourth-order valence-corrected chi connectivity index (χ4v) is 4.95. The number of ether oxygens (including phenoxy) is 1. The summed E-state index contributed by atoms with van der Waals surface area (Å²) < 4.78 is 33.4. The van der Waals surface area contributed by atoms with E-state index in [1.807, 2.05) is 0 Å². The molecule has 0 N–H and O–H groups in total. The highest BCUT2D eigenvalue weighted by Gasteiger charge is 2.23. The Hall–Kier alpha value is -3.05. The maximum atomic E-state index is 12.6. The van der Waals surface area contributed by atoms with Crippen LogP contribution in [0.4, 0.5) is 0 Å². The smallest absolute Gasteiger partial charge is 0.339 e. The van der Waals surface area contributed by atoms with Gasteiger partial charge in [-0.1, -0.05) is 19.1 Å². The molecular weight excluding hydrogens is 416 g/mol. The van der Waals surface area contributed by atoms with Crippen molar-refractivity contribution < 1.29 is 17.9 Å². The van der Waals surface area contributed by atoms with E-state index >= 15 is 0 Å². The zero-order valence-electron chi connectivity index (χ0n) is 15.5. The average molecular weight is 432 g/mol. The van der Waals surface area contributed by atoms with Gasteiger partial charge in [0, 0.05) is 7.05 Å². The van der Waals surface area contributed by atoms with Gasteiger partial charge in [0.25, 0.3) is 5.56 Å². The first kappa shape index (κ1) is 19.3. The molecule has 150 valence electrons. The standard InChI is InChI=1S/C18H16N4O5S2/c1-3-29(25,26)13-7-5-4-6-11(13)17(24)27-10-14-19-20-18-21(2)16(23)15-12(22(14)18)8-9-28-15/h4-9H,3,10H2,1-2H3. The van der Waals surface area contributed by atoms with Gasteiger partial charge in [-0.3, -0.25) is 13.8 Å². The van der Waals surface area contributed by atoms with Crippen molar-refractivity contribution in [3.8, 4) is 0 Å². The van der Waals surface area contributed by atoms with Crippen LogP contribution >= 0.6 is 11.3 Å². The summed E-state index contributed by atoms with van der Waals surface area (Å²) >= 11 is 1.30. The molecule has 3 aromatic heterocycles. The van der Waals surface area contributed by atoms with Crippen molar-refractivity contribution in [3.05, 3.63) is 57.5 Å². The van der Waals surface area contributed by atoms with Crippen LogP contribution in [0.15, 0.2) is 45.4 Å². The Morgan fingerprint density at radius 3 is 2.72 bits per heavy atom. The van der Waals surface area contributed by atoms with Crippen LogP contribution in [-0.2, 0) is 28.2 Å². The van der Waals surface area contributed by atoms with Gasteiger partial charge >= 0.3 is 5.97 Å². The van der Waals surface area contributed by atoms with E-state index in [4.69, 9.17) is 4.74 Å². The molecule has 29 heavy (non-hydrogen) atoms. The van der Waals surface area contributed by atoms with E-state index < -0.39 is 15.8 Å². The molecule has 0 bridgehead atoms. The van der Waals surface area contributed by atoms with Crippen molar-refractivity contribution in [2.75, 3.05) is 5.75 Å². The van der Waals surface area contributed by atoms with Crippen LogP contribution in [0.3, 0.4) is 0 Å². The molecule has 0 saturated carbocycles. The Bertz CT molecular complexity index is 1420. The second-order valence-electron chi connectivity index (χ2n) is 6.23. The van der Waals surface area contributed by atoms with Crippen LogP contribution in [0.25, 0.3) is 16.0 Å². The summed E-state index contributed by atoms with van der Waals surface area (Å²) in [5, 5.41) is 9.85. The highest BCUT2D eigenvalue weighted by Crippen LogP contribution is 2.21. The third-order valence-electron chi connectivity index (χ3n) is 4.55. The van der Waals surface area contributed by atoms with Crippen molar-refractivity contribution in [2.45, 2.75) is 18.4 Å². The molecular formula is C18H16N4O5S2. The molecule has 0 fully saturated rings. The molecule has 0 radical (unpaired) electrons. The summed E-state index contributed by atoms with van der Waals surface area (Å²) in [7, 11) is -1.99. The number of rotatable bonds is 5. The Kier molecular flexibility index (Phi) is 4.71. The summed E-state index contributed by atoms with van der Waals surface area (Å²) in [6.07, 6.45) is 0. The molecule has 0 atom stereocenters. The number of hydrogen-bond acceptors (Lipinski definition) is 8. The highest BCUT2D eigenvalue weighted by molar-refractivity contribution is 7.91. The third kappa shape index (κ3) is 3.12. The minimum atomic E-state index is -3.58. The van der Waals surface area contributed by atoms with Crippen LogP contribution in [0.2, 0.25) is 0 Å². The zero-order chi connectivity index (χ0) is 20.8. The van der Waals surface area contributed by atoms with E-state index in [9.17, 15) is 18.0 Å². The number of carbonyl (C=O) groups is 1. The SMILES string of the molecule is CCS(=O)(=O)c1ccccc1C(=O)OCc1nnc2n(C)c(=O)c3sccc3n12. The van der Waals surface area contributed by atoms with Crippen molar-refractivity contribution in [1.82, 2.24) is 19.2 Å². The molecule has 0 aliphatic rings. The number of nitrogens with zero attached hydrogens (tertiary/aromatic N) is 4. The van der Waals surface area contributed by atoms with Gasteiger partial charge in [0.1, 0.15) is 4.70 Å². The lowest BCUT2D eigenvalue weighted by Crippen LogP contribution is -2.19. The third-order valence-corrected chi connectivity index (χ3v) is 7.23. The Balaban J connectivity index is 1.70. The topological polar surface area (TPSA) is 113 Å². The number of esters is 1. The number of aryl methyl sites for hydroxylation is 1. The molecule has 0 aliphatic carbocycles. The van der Waals surface area contributed by atoms with Gasteiger partial charge in [0.05, 0.1) is 21.7 Å². The highest BCUT2D eigenvalue weighted by atomic mass is 32.2. The Morgan fingerprint density at radius 1 is 1.21 bits per heavy atom. The normalized spacial score (nSPS) is 11.9. The summed E-state index contributed by atoms with van der Waals surface area (Å²) in [6.45, 7) is 1.28. The fourth-order valence-electron chi connectivity index (χ4n) is 3.02. The minimum absolute atomic E-state index is 0.0312. The zero-order valence-corrected chi connectivity index (χ0v) is 17.2. The summed E-state index contributed by atoms with van der Waals surface area (Å²) in [4.78, 5) is 24.9. The first-order valence-corrected chi connectivity index (χ1v) is 11.2. The van der Waals surface area contributed by atoms with Gasteiger partial charge in [-0.05, 0) is 23.6 Å². The van der Waals surface area contributed by atoms with Crippen molar-refractivity contribution in [3.63, 3.8) is 0 Å². The Labute approximate surface area is 169 Å². The van der Waals surface area contributed by atoms with E-state index in [0.717, 1.165) is 0 Å². The molecule has 9 nitrogen and oxygen atoms in total. The molecule has 0 aliphatic heterocycles. The van der Waals surface area contributed by atoms with Crippen molar-refractivity contribution in [1.29, 1.82) is 0 Å². The molecule has 4 rings (SSSR count). The molecule has 0 saturated heterocycles. The quantitative estimate of drug-likeness (QED) is 0.442. The number of benzene rings is 1. The predicted molar refractivity (Wildman–Crippen MR) is 107 cm³/mol. The van der Waals surface area contributed by atoms with Gasteiger partial charge in [-0.15, -0.1) is 21.5 Å². The second-order valence-corrected chi connectivity index (χ2v) is 9.39. The molecule has 4 aromatic rings. The van der Waals surface area contributed by atoms with Gasteiger partial charge in [-0.25, -0.2) is 13.2 Å². The molecule has 0 spiro atoms. The van der Waals surface area contributed by atoms with E-state index in [1.54, 1.807) is 35.0 Å². The first-order chi connectivity index (χ1) is 13.8. The maximum absolute atomic E-state index is 12.6. The van der Waals surface area contributed by atoms with Crippen molar-refractivity contribution in [2.24, 2.45) is 7.05 Å². The molecule has 0 unspecified atom stereocenters. The van der Waals surface area contributed by atoms with Gasteiger partial charge in [0.2, 0.25) is 5.78 Å². The largest absolute Gasteiger partial charge is 0.454 e.